The van der Waals surface area contributed by atoms with Gasteiger partial charge in [-0.05, 0) is 70.2 Å². The lowest BCUT2D eigenvalue weighted by atomic mass is 9.92. The number of aliphatic hydroxyl groups is 1. The summed E-state index contributed by atoms with van der Waals surface area (Å²) in [4.78, 5) is 14.2. The van der Waals surface area contributed by atoms with Crippen LogP contribution >= 0.6 is 0 Å². The van der Waals surface area contributed by atoms with Crippen LogP contribution in [0.25, 0.3) is 0 Å². The van der Waals surface area contributed by atoms with Gasteiger partial charge < -0.3 is 20.1 Å². The Labute approximate surface area is 138 Å². The van der Waals surface area contributed by atoms with Gasteiger partial charge in [-0.2, -0.15) is 0 Å². The highest BCUT2D eigenvalue weighted by Gasteiger charge is 2.25. The van der Waals surface area contributed by atoms with Gasteiger partial charge in [0.25, 0.3) is 0 Å². The van der Waals surface area contributed by atoms with Crippen LogP contribution in [0.5, 0.6) is 5.75 Å². The Bertz CT molecular complexity index is 535. The third-order valence-electron chi connectivity index (χ3n) is 4.30. The van der Waals surface area contributed by atoms with Crippen LogP contribution in [-0.2, 0) is 0 Å². The first-order chi connectivity index (χ1) is 10.9. The van der Waals surface area contributed by atoms with Crippen LogP contribution in [-0.4, -0.2) is 41.3 Å². The normalized spacial score (nSPS) is 17.2. The number of carbonyl (C=O) groups excluding carboxylic acids is 1. The van der Waals surface area contributed by atoms with Crippen LogP contribution < -0.4 is 10.1 Å². The van der Waals surface area contributed by atoms with Gasteiger partial charge >= 0.3 is 6.03 Å². The molecule has 1 heterocycles. The van der Waals surface area contributed by atoms with Crippen molar-refractivity contribution in [2.24, 2.45) is 5.92 Å². The second-order valence-corrected chi connectivity index (χ2v) is 6.64. The Balaban J connectivity index is 1.92. The van der Waals surface area contributed by atoms with Crippen LogP contribution in [0.2, 0.25) is 0 Å². The minimum atomic E-state index is -0.295. The number of piperidine rings is 1. The number of hydrogen-bond acceptors (Lipinski definition) is 3. The molecule has 0 aromatic heterocycles. The highest BCUT2D eigenvalue weighted by Crippen LogP contribution is 2.24. The van der Waals surface area contributed by atoms with Crippen molar-refractivity contribution >= 4 is 11.7 Å². The maximum atomic E-state index is 12.3. The molecule has 1 aliphatic heterocycles. The number of benzene rings is 1. The van der Waals surface area contributed by atoms with Crippen molar-refractivity contribution in [3.63, 3.8) is 0 Å². The van der Waals surface area contributed by atoms with Crippen LogP contribution in [0.4, 0.5) is 10.5 Å². The molecule has 1 atom stereocenters. The Morgan fingerprint density at radius 1 is 1.30 bits per heavy atom. The molecule has 1 aromatic rings. The highest BCUT2D eigenvalue weighted by atomic mass is 16.5. The second kappa shape index (κ2) is 7.68. The first-order valence-electron chi connectivity index (χ1n) is 8.38. The number of rotatable bonds is 4. The Hall–Kier alpha value is -1.75. The van der Waals surface area contributed by atoms with Gasteiger partial charge in [0.1, 0.15) is 5.75 Å². The summed E-state index contributed by atoms with van der Waals surface area (Å²) < 4.78 is 5.71. The first-order valence-corrected chi connectivity index (χ1v) is 8.38. The minimum absolute atomic E-state index is 0.0778. The molecule has 1 saturated heterocycles. The van der Waals surface area contributed by atoms with E-state index in [1.807, 2.05) is 50.8 Å². The third-order valence-corrected chi connectivity index (χ3v) is 4.30. The first kappa shape index (κ1) is 17.6. The van der Waals surface area contributed by atoms with Crippen LogP contribution in [0.3, 0.4) is 0 Å². The average molecular weight is 320 g/mol. The summed E-state index contributed by atoms with van der Waals surface area (Å²) in [6.07, 6.45) is 1.54. The quantitative estimate of drug-likeness (QED) is 0.893. The monoisotopic (exact) mass is 320 g/mol. The molecule has 1 fully saturated rings. The van der Waals surface area contributed by atoms with Gasteiger partial charge in [0.2, 0.25) is 0 Å². The summed E-state index contributed by atoms with van der Waals surface area (Å²) in [5.74, 6) is 1.14. The van der Waals surface area contributed by atoms with E-state index in [1.165, 1.54) is 0 Å². The SMILES string of the molecule is Cc1cc(NC(=O)N2CCC(C(C)O)CC2)ccc1OC(C)C. The fourth-order valence-corrected chi connectivity index (χ4v) is 2.90. The summed E-state index contributed by atoms with van der Waals surface area (Å²) in [6.45, 7) is 9.16. The molecular formula is C18H28N2O3. The second-order valence-electron chi connectivity index (χ2n) is 6.64. The van der Waals surface area contributed by atoms with Crippen molar-refractivity contribution in [1.82, 2.24) is 4.90 Å². The van der Waals surface area contributed by atoms with Gasteiger partial charge in [-0.15, -0.1) is 0 Å². The lowest BCUT2D eigenvalue weighted by Crippen LogP contribution is -2.42. The lowest BCUT2D eigenvalue weighted by molar-refractivity contribution is 0.0820. The number of hydrogen-bond donors (Lipinski definition) is 2. The lowest BCUT2D eigenvalue weighted by Gasteiger charge is -2.33. The van der Waals surface area contributed by atoms with Crippen molar-refractivity contribution in [2.75, 3.05) is 18.4 Å². The highest BCUT2D eigenvalue weighted by molar-refractivity contribution is 5.89. The molecule has 2 rings (SSSR count). The summed E-state index contributed by atoms with van der Waals surface area (Å²) >= 11 is 0. The molecule has 1 aliphatic rings. The number of anilines is 1. The number of carbonyl (C=O) groups is 1. The largest absolute Gasteiger partial charge is 0.491 e. The summed E-state index contributed by atoms with van der Waals surface area (Å²) in [5.41, 5.74) is 1.78. The number of nitrogens with one attached hydrogen (secondary N) is 1. The van der Waals surface area contributed by atoms with Crippen LogP contribution in [0.15, 0.2) is 18.2 Å². The molecule has 0 spiro atoms. The number of aliphatic hydroxyl groups excluding tert-OH is 1. The number of aryl methyl sites for hydroxylation is 1. The van der Waals surface area contributed by atoms with Crippen molar-refractivity contribution in [1.29, 1.82) is 0 Å². The van der Waals surface area contributed by atoms with Gasteiger partial charge in [-0.1, -0.05) is 0 Å². The number of nitrogens with zero attached hydrogens (tertiary/aromatic N) is 1. The molecule has 23 heavy (non-hydrogen) atoms. The van der Waals surface area contributed by atoms with E-state index in [0.717, 1.165) is 29.8 Å². The molecule has 2 amide bonds. The third kappa shape index (κ3) is 4.86. The van der Waals surface area contributed by atoms with Crippen molar-refractivity contribution in [3.05, 3.63) is 23.8 Å². The molecule has 1 aromatic carbocycles. The number of urea groups is 1. The predicted octanol–water partition coefficient (Wildman–Crippen LogP) is 3.41. The van der Waals surface area contributed by atoms with E-state index >= 15 is 0 Å². The van der Waals surface area contributed by atoms with E-state index in [2.05, 4.69) is 5.32 Å². The van der Waals surface area contributed by atoms with E-state index < -0.39 is 0 Å². The minimum Gasteiger partial charge on any atom is -0.491 e. The van der Waals surface area contributed by atoms with E-state index in [1.54, 1.807) is 0 Å². The maximum Gasteiger partial charge on any atom is 0.321 e. The molecule has 5 nitrogen and oxygen atoms in total. The Morgan fingerprint density at radius 2 is 1.96 bits per heavy atom. The van der Waals surface area contributed by atoms with Gasteiger partial charge in [0.15, 0.2) is 0 Å². The molecule has 0 saturated carbocycles. The van der Waals surface area contributed by atoms with Gasteiger partial charge in [-0.3, -0.25) is 0 Å². The van der Waals surface area contributed by atoms with Crippen LogP contribution in [0.1, 0.15) is 39.2 Å². The molecule has 5 heteroatoms. The molecule has 128 valence electrons. The number of likely N-dealkylation sites (tertiary alicyclic amines) is 1. The molecule has 0 radical (unpaired) electrons. The Kier molecular flexibility index (Phi) is 5.88. The topological polar surface area (TPSA) is 61.8 Å². The smallest absolute Gasteiger partial charge is 0.321 e. The van der Waals surface area contributed by atoms with Crippen molar-refractivity contribution in [2.45, 2.75) is 52.7 Å². The Morgan fingerprint density at radius 3 is 2.48 bits per heavy atom. The zero-order valence-corrected chi connectivity index (χ0v) is 14.5. The van der Waals surface area contributed by atoms with E-state index in [-0.39, 0.29) is 18.2 Å². The average Bonchev–Trinajstić information content (AvgIpc) is 2.49. The number of amides is 2. The summed E-state index contributed by atoms with van der Waals surface area (Å²) in [7, 11) is 0. The van der Waals surface area contributed by atoms with Gasteiger partial charge in [-0.25, -0.2) is 4.79 Å². The molecular weight excluding hydrogens is 292 g/mol. The fraction of sp³-hybridized carbons (Fsp3) is 0.611. The molecule has 0 bridgehead atoms. The van der Waals surface area contributed by atoms with Gasteiger partial charge in [0.05, 0.1) is 12.2 Å². The summed E-state index contributed by atoms with van der Waals surface area (Å²) in [5, 5.41) is 12.6. The van der Waals surface area contributed by atoms with E-state index in [0.29, 0.717) is 19.0 Å². The molecule has 0 aliphatic carbocycles. The number of ether oxygens (including phenoxy) is 1. The molecule has 2 N–H and O–H groups in total. The summed E-state index contributed by atoms with van der Waals surface area (Å²) in [6, 6.07) is 5.61. The predicted molar refractivity (Wildman–Crippen MR) is 91.9 cm³/mol. The fourth-order valence-electron chi connectivity index (χ4n) is 2.90. The molecule has 1 unspecified atom stereocenters. The maximum absolute atomic E-state index is 12.3. The van der Waals surface area contributed by atoms with Crippen molar-refractivity contribution < 1.29 is 14.6 Å². The van der Waals surface area contributed by atoms with E-state index in [9.17, 15) is 9.90 Å². The van der Waals surface area contributed by atoms with Crippen LogP contribution in [0, 0.1) is 12.8 Å². The zero-order valence-electron chi connectivity index (χ0n) is 14.5. The van der Waals surface area contributed by atoms with E-state index in [4.69, 9.17) is 4.74 Å². The zero-order chi connectivity index (χ0) is 17.0. The van der Waals surface area contributed by atoms with Crippen molar-refractivity contribution in [3.8, 4) is 5.75 Å². The standard InChI is InChI=1S/C18H28N2O3/c1-12(2)23-17-6-5-16(11-13(17)3)19-18(22)20-9-7-15(8-10-20)14(4)21/h5-6,11-12,14-15,21H,7-10H2,1-4H3,(H,19,22). The van der Waals surface area contributed by atoms with Gasteiger partial charge in [0, 0.05) is 18.8 Å².